The van der Waals surface area contributed by atoms with Gasteiger partial charge in [-0.25, -0.2) is 9.42 Å². The van der Waals surface area contributed by atoms with Crippen LogP contribution >= 0.6 is 0 Å². The maximum atomic E-state index is 10.5. The molecule has 1 rings (SSSR count). The van der Waals surface area contributed by atoms with E-state index < -0.39 is 5.97 Å². The van der Waals surface area contributed by atoms with Crippen LogP contribution in [0.15, 0.2) is 10.7 Å². The average molecular weight is 179 g/mol. The van der Waals surface area contributed by atoms with E-state index in [1.165, 1.54) is 6.08 Å². The fraction of sp³-hybridized carbons (Fsp3) is 0.143. The average Bonchev–Trinajstić information content (AvgIpc) is 2.52. The maximum Gasteiger partial charge on any atom is 0.360 e. The topological polar surface area (TPSA) is 100 Å². The van der Waals surface area contributed by atoms with Crippen molar-refractivity contribution in [2.24, 2.45) is 0 Å². The van der Waals surface area contributed by atoms with E-state index in [9.17, 15) is 4.79 Å². The lowest BCUT2D eigenvalue weighted by Crippen LogP contribution is -2.00. The second kappa shape index (κ2) is 3.49. The summed E-state index contributed by atoms with van der Waals surface area (Å²) in [7, 11) is 0. The molecule has 0 bridgehead atoms. The second-order valence-electron chi connectivity index (χ2n) is 2.22. The number of nitrogens with zero attached hydrogens (tertiary/aromatic N) is 3. The van der Waals surface area contributed by atoms with E-state index in [1.54, 1.807) is 13.0 Å². The summed E-state index contributed by atoms with van der Waals surface area (Å²) < 4.78 is 4.24. The van der Waals surface area contributed by atoms with Crippen LogP contribution in [0.4, 0.5) is 0 Å². The summed E-state index contributed by atoms with van der Waals surface area (Å²) in [5, 5.41) is 23.5. The smallest absolute Gasteiger partial charge is 0.360 e. The van der Waals surface area contributed by atoms with Crippen molar-refractivity contribution in [1.29, 1.82) is 5.26 Å². The van der Waals surface area contributed by atoms with Gasteiger partial charge in [-0.1, -0.05) is 0 Å². The van der Waals surface area contributed by atoms with Crippen LogP contribution in [0.1, 0.15) is 23.1 Å². The predicted molar refractivity (Wildman–Crippen MR) is 40.5 cm³/mol. The van der Waals surface area contributed by atoms with Gasteiger partial charge in [-0.3, -0.25) is 0 Å². The lowest BCUT2D eigenvalue weighted by atomic mass is 10.2. The third-order valence-corrected chi connectivity index (χ3v) is 1.35. The molecule has 1 N–H and O–H groups in total. The number of carboxylic acid groups (broad SMARTS) is 1. The Balaban J connectivity index is 3.16. The summed E-state index contributed by atoms with van der Waals surface area (Å²) in [6.07, 6.45) is 1.17. The molecule has 0 radical (unpaired) electrons. The molecule has 66 valence electrons. The van der Waals surface area contributed by atoms with E-state index >= 15 is 0 Å². The molecule has 6 heteroatoms. The molecule has 0 aliphatic heterocycles. The zero-order chi connectivity index (χ0) is 9.84. The van der Waals surface area contributed by atoms with Gasteiger partial charge in [-0.05, 0) is 22.8 Å². The summed E-state index contributed by atoms with van der Waals surface area (Å²) in [5.41, 5.74) is 0.194. The molecule has 0 unspecified atom stereocenters. The number of carboxylic acids is 1. The lowest BCUT2D eigenvalue weighted by Gasteiger charge is -1.90. The highest BCUT2D eigenvalue weighted by Crippen LogP contribution is 2.13. The van der Waals surface area contributed by atoms with Crippen molar-refractivity contribution in [3.8, 4) is 6.07 Å². The van der Waals surface area contributed by atoms with E-state index in [1.807, 2.05) is 0 Å². The molecule has 0 aliphatic carbocycles. The monoisotopic (exact) mass is 179 g/mol. The Kier molecular flexibility index (Phi) is 2.40. The minimum absolute atomic E-state index is 0.0778. The molecule has 0 saturated carbocycles. The number of allylic oxidation sites excluding steroid dienone is 2. The third kappa shape index (κ3) is 1.70. The number of carbonyl (C=O) groups is 1. The first kappa shape index (κ1) is 8.93. The first-order valence-corrected chi connectivity index (χ1v) is 3.29. The molecule has 0 amide bonds. The molecule has 0 fully saturated rings. The molecular formula is C7H5N3O3. The molecule has 1 aromatic heterocycles. The normalized spacial score (nSPS) is 10.9. The fourth-order valence-corrected chi connectivity index (χ4v) is 0.753. The van der Waals surface area contributed by atoms with Gasteiger partial charge in [0, 0.05) is 6.08 Å². The molecule has 13 heavy (non-hydrogen) atoms. The van der Waals surface area contributed by atoms with Crippen LogP contribution < -0.4 is 0 Å². The molecule has 0 spiro atoms. The van der Waals surface area contributed by atoms with Gasteiger partial charge in [0.1, 0.15) is 5.69 Å². The van der Waals surface area contributed by atoms with Crippen molar-refractivity contribution in [2.45, 2.75) is 6.92 Å². The molecule has 6 nitrogen and oxygen atoms in total. The van der Waals surface area contributed by atoms with Crippen molar-refractivity contribution in [3.63, 3.8) is 0 Å². The molecule has 0 atom stereocenters. The van der Waals surface area contributed by atoms with Crippen LogP contribution in [0.25, 0.3) is 5.57 Å². The van der Waals surface area contributed by atoms with E-state index in [-0.39, 0.29) is 11.4 Å². The van der Waals surface area contributed by atoms with Gasteiger partial charge in [-0.2, -0.15) is 5.26 Å². The third-order valence-electron chi connectivity index (χ3n) is 1.35. The van der Waals surface area contributed by atoms with Crippen LogP contribution in [0.3, 0.4) is 0 Å². The quantitative estimate of drug-likeness (QED) is 0.670. The van der Waals surface area contributed by atoms with E-state index in [0.717, 1.165) is 0 Å². The van der Waals surface area contributed by atoms with Gasteiger partial charge in [0.2, 0.25) is 5.69 Å². The van der Waals surface area contributed by atoms with Crippen molar-refractivity contribution >= 4 is 11.5 Å². The molecule has 1 heterocycles. The van der Waals surface area contributed by atoms with E-state index in [4.69, 9.17) is 10.4 Å². The summed E-state index contributed by atoms with van der Waals surface area (Å²) >= 11 is 0. The first-order valence-electron chi connectivity index (χ1n) is 3.29. The van der Waals surface area contributed by atoms with Gasteiger partial charge < -0.3 is 5.11 Å². The Morgan fingerprint density at radius 1 is 1.62 bits per heavy atom. The first-order chi connectivity index (χ1) is 6.16. The van der Waals surface area contributed by atoms with Crippen LogP contribution in [0.5, 0.6) is 0 Å². The molecule has 1 aromatic rings. The van der Waals surface area contributed by atoms with Gasteiger partial charge in [0.05, 0.1) is 6.07 Å². The fourth-order valence-electron chi connectivity index (χ4n) is 0.753. The van der Waals surface area contributed by atoms with Crippen LogP contribution in [0, 0.1) is 11.3 Å². The highest BCUT2D eigenvalue weighted by atomic mass is 16.6. The largest absolute Gasteiger partial charge is 0.476 e. The maximum absolute atomic E-state index is 10.5. The Morgan fingerprint density at radius 2 is 2.23 bits per heavy atom. The number of aromatic nitrogens is 2. The number of rotatable bonds is 2. The van der Waals surface area contributed by atoms with Crippen molar-refractivity contribution in [1.82, 2.24) is 10.3 Å². The zero-order valence-electron chi connectivity index (χ0n) is 6.68. The summed E-state index contributed by atoms with van der Waals surface area (Å²) in [6.45, 7) is 1.55. The standard InChI is InChI=1S/C7H5N3O3/c1-4(2-3-8)5-6(7(11)12)10-13-9-5/h2H,1H3,(H,11,12)/b4-2-. The lowest BCUT2D eigenvalue weighted by molar-refractivity contribution is 0.0684. The Hall–Kier alpha value is -2.16. The predicted octanol–water partition coefficient (Wildman–Crippen LogP) is 0.695. The molecule has 0 aliphatic rings. The SMILES string of the molecule is C/C(=C/C#N)c1nonc1C(=O)O. The highest BCUT2D eigenvalue weighted by Gasteiger charge is 2.17. The van der Waals surface area contributed by atoms with Crippen molar-refractivity contribution in [2.75, 3.05) is 0 Å². The molecule has 0 saturated heterocycles. The number of nitriles is 1. The van der Waals surface area contributed by atoms with Crippen LogP contribution in [-0.2, 0) is 0 Å². The number of aromatic carboxylic acids is 1. The van der Waals surface area contributed by atoms with Crippen molar-refractivity contribution < 1.29 is 14.5 Å². The Bertz CT molecular complexity index is 399. The van der Waals surface area contributed by atoms with Gasteiger partial charge >= 0.3 is 5.97 Å². The van der Waals surface area contributed by atoms with Gasteiger partial charge in [0.25, 0.3) is 0 Å². The molecular weight excluding hydrogens is 174 g/mol. The zero-order valence-corrected chi connectivity index (χ0v) is 6.68. The summed E-state index contributed by atoms with van der Waals surface area (Å²) in [6, 6.07) is 1.76. The van der Waals surface area contributed by atoms with E-state index in [0.29, 0.717) is 5.57 Å². The number of hydrogen-bond donors (Lipinski definition) is 1. The van der Waals surface area contributed by atoms with Crippen LogP contribution in [-0.4, -0.2) is 21.4 Å². The minimum Gasteiger partial charge on any atom is -0.476 e. The van der Waals surface area contributed by atoms with Crippen LogP contribution in [0.2, 0.25) is 0 Å². The molecule has 0 aromatic carbocycles. The Labute approximate surface area is 73.1 Å². The van der Waals surface area contributed by atoms with E-state index in [2.05, 4.69) is 14.9 Å². The highest BCUT2D eigenvalue weighted by molar-refractivity contribution is 5.90. The summed E-state index contributed by atoms with van der Waals surface area (Å²) in [5.74, 6) is -1.23. The Morgan fingerprint density at radius 3 is 2.77 bits per heavy atom. The minimum atomic E-state index is -1.23. The number of hydrogen-bond acceptors (Lipinski definition) is 5. The van der Waals surface area contributed by atoms with Crippen molar-refractivity contribution in [3.05, 3.63) is 17.5 Å². The van der Waals surface area contributed by atoms with Gasteiger partial charge in [0.15, 0.2) is 0 Å². The summed E-state index contributed by atoms with van der Waals surface area (Å²) in [4.78, 5) is 10.5. The second-order valence-corrected chi connectivity index (χ2v) is 2.22. The van der Waals surface area contributed by atoms with Gasteiger partial charge in [-0.15, -0.1) is 0 Å².